The Bertz CT molecular complexity index is 640. The van der Waals surface area contributed by atoms with E-state index in [0.29, 0.717) is 11.8 Å². The Labute approximate surface area is 161 Å². The van der Waals surface area contributed by atoms with Gasteiger partial charge in [0.2, 0.25) is 5.91 Å². The number of hydrogen-bond donors (Lipinski definition) is 0. The Morgan fingerprint density at radius 2 is 1.96 bits per heavy atom. The van der Waals surface area contributed by atoms with E-state index in [1.54, 1.807) is 6.92 Å². The molecular formula is C21H32N2O4. The molecule has 5 aliphatic rings. The third-order valence-electron chi connectivity index (χ3n) is 8.35. The summed E-state index contributed by atoms with van der Waals surface area (Å²) < 4.78 is 11.9. The first-order valence-electron chi connectivity index (χ1n) is 10.7. The summed E-state index contributed by atoms with van der Waals surface area (Å²) in [4.78, 5) is 28.5. The Balaban J connectivity index is 1.28. The normalized spacial score (nSPS) is 46.7. The highest BCUT2D eigenvalue weighted by molar-refractivity contribution is 5.76. The van der Waals surface area contributed by atoms with Crippen LogP contribution < -0.4 is 0 Å². The quantitative estimate of drug-likeness (QED) is 0.542. The standard InChI is InChI=1S/C21H32N2O4/c1-14(24)23-8-6-22(7-9-23)12-16-15-10-18-20(2,11-17(15)27-19(16)25)4-3-5-21(18)13-26-21/h15-18H,3-13H2,1-2H3/t15-,16+,17-,18-,20-,21+/m1/s1. The molecule has 6 heteroatoms. The maximum absolute atomic E-state index is 12.7. The lowest BCUT2D eigenvalue weighted by molar-refractivity contribution is -0.147. The molecule has 5 rings (SSSR count). The van der Waals surface area contributed by atoms with Gasteiger partial charge in [-0.2, -0.15) is 0 Å². The van der Waals surface area contributed by atoms with Crippen molar-refractivity contribution in [2.24, 2.45) is 23.2 Å². The van der Waals surface area contributed by atoms with Crippen molar-refractivity contribution in [1.29, 1.82) is 0 Å². The summed E-state index contributed by atoms with van der Waals surface area (Å²) in [5.74, 6) is 1.05. The summed E-state index contributed by atoms with van der Waals surface area (Å²) in [5.41, 5.74) is 0.374. The molecule has 1 amide bonds. The van der Waals surface area contributed by atoms with Gasteiger partial charge < -0.3 is 14.4 Å². The van der Waals surface area contributed by atoms with Gasteiger partial charge in [0, 0.05) is 45.6 Å². The number of amides is 1. The van der Waals surface area contributed by atoms with Crippen LogP contribution in [0.5, 0.6) is 0 Å². The van der Waals surface area contributed by atoms with Crippen LogP contribution in [0.4, 0.5) is 0 Å². The van der Waals surface area contributed by atoms with E-state index >= 15 is 0 Å². The monoisotopic (exact) mass is 376 g/mol. The molecule has 0 bridgehead atoms. The van der Waals surface area contributed by atoms with E-state index in [2.05, 4.69) is 11.8 Å². The van der Waals surface area contributed by atoms with Crippen LogP contribution in [0, 0.1) is 23.2 Å². The van der Waals surface area contributed by atoms with Gasteiger partial charge in [-0.15, -0.1) is 0 Å². The third kappa shape index (κ3) is 2.91. The molecule has 0 radical (unpaired) electrons. The van der Waals surface area contributed by atoms with Gasteiger partial charge in [-0.25, -0.2) is 0 Å². The van der Waals surface area contributed by atoms with Crippen LogP contribution in [0.2, 0.25) is 0 Å². The van der Waals surface area contributed by atoms with Crippen molar-refractivity contribution in [3.63, 3.8) is 0 Å². The van der Waals surface area contributed by atoms with Crippen LogP contribution in [-0.4, -0.2) is 72.7 Å². The lowest BCUT2D eigenvalue weighted by atomic mass is 9.53. The Morgan fingerprint density at radius 1 is 1.22 bits per heavy atom. The molecule has 150 valence electrons. The number of piperazine rings is 1. The largest absolute Gasteiger partial charge is 0.462 e. The summed E-state index contributed by atoms with van der Waals surface area (Å²) >= 11 is 0. The van der Waals surface area contributed by atoms with Crippen molar-refractivity contribution in [3.8, 4) is 0 Å². The number of esters is 1. The maximum Gasteiger partial charge on any atom is 0.310 e. The first-order chi connectivity index (χ1) is 12.9. The fourth-order valence-corrected chi connectivity index (χ4v) is 6.69. The molecule has 0 N–H and O–H groups in total. The number of hydrogen-bond acceptors (Lipinski definition) is 5. The minimum absolute atomic E-state index is 0.00649. The molecule has 5 fully saturated rings. The maximum atomic E-state index is 12.7. The molecule has 27 heavy (non-hydrogen) atoms. The first-order valence-corrected chi connectivity index (χ1v) is 10.7. The van der Waals surface area contributed by atoms with Crippen molar-refractivity contribution in [3.05, 3.63) is 0 Å². The van der Waals surface area contributed by atoms with Crippen molar-refractivity contribution in [1.82, 2.24) is 9.80 Å². The van der Waals surface area contributed by atoms with Crippen molar-refractivity contribution in [2.75, 3.05) is 39.3 Å². The van der Waals surface area contributed by atoms with E-state index in [1.807, 2.05) is 4.90 Å². The summed E-state index contributed by atoms with van der Waals surface area (Å²) in [6.07, 6.45) is 5.84. The Hall–Kier alpha value is -1.14. The first kappa shape index (κ1) is 17.9. The molecule has 0 aromatic heterocycles. The summed E-state index contributed by atoms with van der Waals surface area (Å²) in [5, 5.41) is 0. The van der Waals surface area contributed by atoms with Crippen LogP contribution in [0.1, 0.15) is 46.0 Å². The second-order valence-corrected chi connectivity index (χ2v) is 9.91. The van der Waals surface area contributed by atoms with Crippen LogP contribution in [0.25, 0.3) is 0 Å². The summed E-state index contributed by atoms with van der Waals surface area (Å²) in [7, 11) is 0. The number of ether oxygens (including phenoxy) is 2. The van der Waals surface area contributed by atoms with Gasteiger partial charge >= 0.3 is 5.97 Å². The number of carbonyl (C=O) groups excluding carboxylic acids is 2. The molecule has 2 aliphatic carbocycles. The lowest BCUT2D eigenvalue weighted by Crippen LogP contribution is -2.52. The molecule has 0 unspecified atom stereocenters. The molecule has 6 atom stereocenters. The van der Waals surface area contributed by atoms with Gasteiger partial charge in [-0.1, -0.05) is 6.92 Å². The molecule has 2 saturated carbocycles. The van der Waals surface area contributed by atoms with Crippen molar-refractivity contribution < 1.29 is 19.1 Å². The van der Waals surface area contributed by atoms with Crippen LogP contribution in [0.15, 0.2) is 0 Å². The van der Waals surface area contributed by atoms with Gasteiger partial charge in [-0.05, 0) is 43.4 Å². The summed E-state index contributed by atoms with van der Waals surface area (Å²) in [6, 6.07) is 0. The van der Waals surface area contributed by atoms with Gasteiger partial charge in [0.15, 0.2) is 0 Å². The van der Waals surface area contributed by atoms with Crippen LogP contribution in [0.3, 0.4) is 0 Å². The zero-order valence-electron chi connectivity index (χ0n) is 16.6. The summed E-state index contributed by atoms with van der Waals surface area (Å²) in [6.45, 7) is 8.97. The fourth-order valence-electron chi connectivity index (χ4n) is 6.69. The van der Waals surface area contributed by atoms with Gasteiger partial charge in [0.25, 0.3) is 0 Å². The zero-order chi connectivity index (χ0) is 18.8. The Kier molecular flexibility index (Phi) is 4.10. The lowest BCUT2D eigenvalue weighted by Gasteiger charge is -2.51. The number of rotatable bonds is 2. The molecule has 1 spiro atoms. The number of epoxide rings is 1. The molecule has 3 saturated heterocycles. The predicted octanol–water partition coefficient (Wildman–Crippen LogP) is 1.68. The highest BCUT2D eigenvalue weighted by Gasteiger charge is 2.65. The van der Waals surface area contributed by atoms with Crippen LogP contribution in [-0.2, 0) is 19.1 Å². The highest BCUT2D eigenvalue weighted by Crippen LogP contribution is 2.62. The van der Waals surface area contributed by atoms with E-state index in [9.17, 15) is 9.59 Å². The predicted molar refractivity (Wildman–Crippen MR) is 98.9 cm³/mol. The fraction of sp³-hybridized carbons (Fsp3) is 0.905. The second-order valence-electron chi connectivity index (χ2n) is 9.91. The van der Waals surface area contributed by atoms with Crippen molar-refractivity contribution >= 4 is 11.9 Å². The average molecular weight is 376 g/mol. The molecule has 0 aromatic carbocycles. The SMILES string of the molecule is CC(=O)N1CCN(C[C@@H]2C(=O)O[C@@H]3C[C@@]4(C)CCC[C@]5(CO5)[C@@H]4C[C@H]23)CC1. The zero-order valence-corrected chi connectivity index (χ0v) is 16.6. The second kappa shape index (κ2) is 6.18. The average Bonchev–Trinajstić information content (AvgIpc) is 3.33. The third-order valence-corrected chi connectivity index (χ3v) is 8.35. The van der Waals surface area contributed by atoms with Gasteiger partial charge in [0.05, 0.1) is 18.1 Å². The van der Waals surface area contributed by atoms with E-state index in [-0.39, 0.29) is 34.9 Å². The Morgan fingerprint density at radius 3 is 2.63 bits per heavy atom. The minimum Gasteiger partial charge on any atom is -0.462 e. The molecular weight excluding hydrogens is 344 g/mol. The topological polar surface area (TPSA) is 62.4 Å². The van der Waals surface area contributed by atoms with E-state index in [4.69, 9.17) is 9.47 Å². The van der Waals surface area contributed by atoms with Crippen molar-refractivity contribution in [2.45, 2.75) is 57.7 Å². The highest BCUT2D eigenvalue weighted by atomic mass is 16.6. The van der Waals surface area contributed by atoms with Gasteiger partial charge in [0.1, 0.15) is 6.10 Å². The van der Waals surface area contributed by atoms with E-state index in [1.165, 1.54) is 19.3 Å². The molecule has 0 aromatic rings. The number of carbonyl (C=O) groups is 2. The van der Waals surface area contributed by atoms with Crippen LogP contribution >= 0.6 is 0 Å². The molecule has 3 heterocycles. The smallest absolute Gasteiger partial charge is 0.310 e. The molecule has 3 aliphatic heterocycles. The van der Waals surface area contributed by atoms with E-state index in [0.717, 1.165) is 52.2 Å². The number of nitrogens with zero attached hydrogens (tertiary/aromatic N) is 2. The van der Waals surface area contributed by atoms with E-state index < -0.39 is 0 Å². The number of fused-ring (bicyclic) bond motifs is 3. The minimum atomic E-state index is -0.0128. The van der Waals surface area contributed by atoms with Gasteiger partial charge in [-0.3, -0.25) is 14.5 Å². The molecule has 6 nitrogen and oxygen atoms in total.